The largest absolute Gasteiger partial charge is 0.495 e. The van der Waals surface area contributed by atoms with Gasteiger partial charge in [0.2, 0.25) is 5.71 Å². The highest BCUT2D eigenvalue weighted by atomic mass is 16.5. The van der Waals surface area contributed by atoms with Crippen LogP contribution in [-0.4, -0.2) is 49.5 Å². The summed E-state index contributed by atoms with van der Waals surface area (Å²) in [6, 6.07) is 9.32. The minimum atomic E-state index is 0.141. The van der Waals surface area contributed by atoms with E-state index >= 15 is 0 Å². The summed E-state index contributed by atoms with van der Waals surface area (Å²) in [5.74, 6) is 0.992. The fourth-order valence-corrected chi connectivity index (χ4v) is 1.95. The summed E-state index contributed by atoms with van der Waals surface area (Å²) in [5.41, 5.74) is 9.63. The number of nitrogens with two attached hydrogens (primary N) is 1. The highest BCUT2D eigenvalue weighted by Gasteiger charge is 2.19. The molecule has 1 aromatic rings. The van der Waals surface area contributed by atoms with Crippen LogP contribution in [0, 0.1) is 11.3 Å². The van der Waals surface area contributed by atoms with Gasteiger partial charge in [0.05, 0.1) is 26.0 Å². The number of amidine groups is 1. The molecule has 110 valence electrons. The maximum absolute atomic E-state index is 9.22. The topological polar surface area (TPSA) is 95.7 Å². The first-order valence-corrected chi connectivity index (χ1v) is 6.58. The third kappa shape index (κ3) is 3.70. The number of benzene rings is 1. The van der Waals surface area contributed by atoms with Crippen molar-refractivity contribution in [1.82, 2.24) is 0 Å². The van der Waals surface area contributed by atoms with E-state index < -0.39 is 0 Å². The summed E-state index contributed by atoms with van der Waals surface area (Å²) in [6.07, 6.45) is 0. The molecule has 0 aromatic heterocycles. The van der Waals surface area contributed by atoms with E-state index in [-0.39, 0.29) is 5.71 Å². The molecule has 0 unspecified atom stereocenters. The van der Waals surface area contributed by atoms with E-state index in [1.165, 1.54) is 0 Å². The molecule has 3 N–H and O–H groups in total. The third-order valence-corrected chi connectivity index (χ3v) is 3.10. The molecular weight excluding hydrogens is 270 g/mol. The van der Waals surface area contributed by atoms with E-state index in [4.69, 9.17) is 15.2 Å². The van der Waals surface area contributed by atoms with Crippen molar-refractivity contribution in [2.24, 2.45) is 10.8 Å². The zero-order valence-corrected chi connectivity index (χ0v) is 11.9. The van der Waals surface area contributed by atoms with Gasteiger partial charge in [-0.1, -0.05) is 12.1 Å². The van der Waals surface area contributed by atoms with Crippen LogP contribution in [0.3, 0.4) is 0 Å². The van der Waals surface area contributed by atoms with Crippen molar-refractivity contribution in [3.63, 3.8) is 0 Å². The number of morpholine rings is 1. The van der Waals surface area contributed by atoms with Crippen LogP contribution in [-0.2, 0) is 4.74 Å². The van der Waals surface area contributed by atoms with Crippen LogP contribution in [0.1, 0.15) is 0 Å². The molecule has 0 bridgehead atoms. The monoisotopic (exact) mass is 288 g/mol. The van der Waals surface area contributed by atoms with Gasteiger partial charge < -0.3 is 9.47 Å². The Labute approximate surface area is 123 Å². The number of rotatable bonds is 4. The van der Waals surface area contributed by atoms with E-state index in [1.807, 2.05) is 28.8 Å². The normalized spacial score (nSPS) is 15.2. The van der Waals surface area contributed by atoms with Crippen LogP contribution in [0.2, 0.25) is 0 Å². The molecule has 0 radical (unpaired) electrons. The van der Waals surface area contributed by atoms with Crippen LogP contribution in [0.5, 0.6) is 5.75 Å². The summed E-state index contributed by atoms with van der Waals surface area (Å²) in [4.78, 5) is 0. The van der Waals surface area contributed by atoms with E-state index in [1.54, 1.807) is 13.2 Å². The molecule has 7 heteroatoms. The second-order valence-electron chi connectivity index (χ2n) is 4.37. The number of nitrogens with zero attached hydrogens (tertiary/aromatic N) is 3. The Morgan fingerprint density at radius 3 is 2.81 bits per heavy atom. The van der Waals surface area contributed by atoms with Gasteiger partial charge in [0.15, 0.2) is 0 Å². The first kappa shape index (κ1) is 14.8. The molecule has 0 saturated carbocycles. The highest BCUT2D eigenvalue weighted by Crippen LogP contribution is 2.22. The number of hydrogen-bond acceptors (Lipinski definition) is 5. The second-order valence-corrected chi connectivity index (χ2v) is 4.37. The minimum absolute atomic E-state index is 0.141. The molecule has 21 heavy (non-hydrogen) atoms. The summed E-state index contributed by atoms with van der Waals surface area (Å²) < 4.78 is 12.4. The van der Waals surface area contributed by atoms with Gasteiger partial charge in [0.1, 0.15) is 24.9 Å². The zero-order valence-electron chi connectivity index (χ0n) is 11.9. The predicted octanol–water partition coefficient (Wildman–Crippen LogP) is 0.387. The van der Waals surface area contributed by atoms with Crippen molar-refractivity contribution in [1.29, 1.82) is 5.26 Å². The van der Waals surface area contributed by atoms with Crippen LogP contribution in [0.4, 0.5) is 5.69 Å². The van der Waals surface area contributed by atoms with Gasteiger partial charge >= 0.3 is 5.84 Å². The van der Waals surface area contributed by atoms with Gasteiger partial charge in [-0.25, -0.2) is 0 Å². The maximum atomic E-state index is 9.22. The molecule has 1 saturated heterocycles. The van der Waals surface area contributed by atoms with E-state index in [9.17, 15) is 5.26 Å². The molecule has 1 aliphatic rings. The highest BCUT2D eigenvalue weighted by molar-refractivity contribution is 6.45. The molecule has 0 amide bonds. The fourth-order valence-electron chi connectivity index (χ4n) is 1.95. The summed E-state index contributed by atoms with van der Waals surface area (Å²) in [7, 11) is 1.57. The summed E-state index contributed by atoms with van der Waals surface area (Å²) >= 11 is 0. The second kappa shape index (κ2) is 7.26. The Balaban J connectivity index is 2.19. The molecule has 1 aromatic carbocycles. The Morgan fingerprint density at radius 1 is 1.43 bits per heavy atom. The van der Waals surface area contributed by atoms with Crippen molar-refractivity contribution < 1.29 is 14.0 Å². The standard InChI is InChI=1S/C14H17N5O2/c1-20-13-5-3-2-4-11(13)17-18-12(10-15)14(16)19-6-8-21-9-7-19/h2-5H,6-9H2,1H3,(H2,16,17)/p+1. The molecular formula is C14H18N5O2+. The number of para-hydroxylation sites is 2. The van der Waals surface area contributed by atoms with E-state index in [2.05, 4.69) is 10.5 Å². The van der Waals surface area contributed by atoms with Gasteiger partial charge in [-0.3, -0.25) is 15.7 Å². The number of nitriles is 1. The van der Waals surface area contributed by atoms with Crippen LogP contribution >= 0.6 is 0 Å². The number of hydrogen-bond donors (Lipinski definition) is 2. The minimum Gasteiger partial charge on any atom is -0.495 e. The SMILES string of the molecule is COc1ccccc1N/N=C(\C#N)C(N)=[N+]1CCOCC1. The van der Waals surface area contributed by atoms with Crippen molar-refractivity contribution in [3.05, 3.63) is 24.3 Å². The Morgan fingerprint density at radius 2 is 2.14 bits per heavy atom. The van der Waals surface area contributed by atoms with Gasteiger partial charge in [-0.05, 0) is 12.1 Å². The van der Waals surface area contributed by atoms with Gasteiger partial charge in [-0.15, -0.1) is 0 Å². The zero-order chi connectivity index (χ0) is 15.1. The lowest BCUT2D eigenvalue weighted by atomic mass is 10.3. The molecule has 1 fully saturated rings. The number of anilines is 1. The Hall–Kier alpha value is -2.59. The lowest BCUT2D eigenvalue weighted by Gasteiger charge is -2.15. The molecule has 0 spiro atoms. The van der Waals surface area contributed by atoms with Gasteiger partial charge in [-0.2, -0.15) is 10.4 Å². The molecule has 2 rings (SSSR count). The lowest BCUT2D eigenvalue weighted by molar-refractivity contribution is -0.548. The predicted molar refractivity (Wildman–Crippen MR) is 79.7 cm³/mol. The third-order valence-electron chi connectivity index (χ3n) is 3.10. The van der Waals surface area contributed by atoms with Crippen molar-refractivity contribution in [2.75, 3.05) is 38.8 Å². The number of nitrogens with one attached hydrogen (secondary N) is 1. The Kier molecular flexibility index (Phi) is 5.12. The number of hydrazone groups is 1. The molecule has 1 aliphatic heterocycles. The van der Waals surface area contributed by atoms with E-state index in [0.29, 0.717) is 43.6 Å². The Bertz CT molecular complexity index is 596. The quantitative estimate of drug-likeness (QED) is 0.361. The lowest BCUT2D eigenvalue weighted by Crippen LogP contribution is -2.41. The van der Waals surface area contributed by atoms with Crippen molar-refractivity contribution in [2.45, 2.75) is 0 Å². The smallest absolute Gasteiger partial charge is 0.307 e. The van der Waals surface area contributed by atoms with Crippen LogP contribution in [0.25, 0.3) is 0 Å². The summed E-state index contributed by atoms with van der Waals surface area (Å²) in [6.45, 7) is 2.50. The molecule has 1 heterocycles. The summed E-state index contributed by atoms with van der Waals surface area (Å²) in [5, 5.41) is 13.3. The first-order chi connectivity index (χ1) is 10.3. The van der Waals surface area contributed by atoms with Crippen LogP contribution < -0.4 is 15.9 Å². The van der Waals surface area contributed by atoms with E-state index in [0.717, 1.165) is 0 Å². The average molecular weight is 288 g/mol. The van der Waals surface area contributed by atoms with Gasteiger partial charge in [0.25, 0.3) is 0 Å². The molecule has 0 atom stereocenters. The van der Waals surface area contributed by atoms with Crippen LogP contribution in [0.15, 0.2) is 29.4 Å². The average Bonchev–Trinajstić information content (AvgIpc) is 2.56. The first-order valence-electron chi connectivity index (χ1n) is 6.58. The van der Waals surface area contributed by atoms with Crippen molar-refractivity contribution in [3.8, 4) is 11.8 Å². The molecule has 7 nitrogen and oxygen atoms in total. The number of methoxy groups -OCH3 is 1. The fraction of sp³-hybridized carbons (Fsp3) is 0.357. The maximum Gasteiger partial charge on any atom is 0.307 e. The number of ether oxygens (including phenoxy) is 2. The molecule has 0 aliphatic carbocycles. The van der Waals surface area contributed by atoms with Crippen molar-refractivity contribution >= 4 is 17.2 Å². The van der Waals surface area contributed by atoms with Gasteiger partial charge in [0, 0.05) is 0 Å².